The first-order chi connectivity index (χ1) is 10.1. The van der Waals surface area contributed by atoms with Gasteiger partial charge in [-0.1, -0.05) is 29.8 Å². The topological polar surface area (TPSA) is 72.9 Å². The van der Waals surface area contributed by atoms with Crippen LogP contribution >= 0.6 is 11.6 Å². The first kappa shape index (κ1) is 15.1. The zero-order valence-electron chi connectivity index (χ0n) is 11.6. The van der Waals surface area contributed by atoms with E-state index in [1.165, 1.54) is 4.68 Å². The number of anilines is 2. The van der Waals surface area contributed by atoms with Gasteiger partial charge in [0.1, 0.15) is 5.02 Å². The van der Waals surface area contributed by atoms with Crippen molar-refractivity contribution in [3.63, 3.8) is 0 Å². The SMILES string of the molecule is C=CCn1ncc(NCCc2ccc(N)cc2)c(Cl)c1=O. The van der Waals surface area contributed by atoms with Gasteiger partial charge in [0.2, 0.25) is 0 Å². The third-order valence-corrected chi connectivity index (χ3v) is 3.36. The highest BCUT2D eigenvalue weighted by atomic mass is 35.5. The molecule has 2 aromatic rings. The van der Waals surface area contributed by atoms with Crippen LogP contribution in [0.15, 0.2) is 47.9 Å². The number of nitrogens with two attached hydrogens (primary N) is 1. The lowest BCUT2D eigenvalue weighted by Crippen LogP contribution is -2.24. The van der Waals surface area contributed by atoms with Gasteiger partial charge in [0.05, 0.1) is 18.4 Å². The van der Waals surface area contributed by atoms with Crippen molar-refractivity contribution >= 4 is 23.0 Å². The van der Waals surface area contributed by atoms with Gasteiger partial charge in [-0.2, -0.15) is 5.10 Å². The smallest absolute Gasteiger partial charge is 0.287 e. The largest absolute Gasteiger partial charge is 0.399 e. The lowest BCUT2D eigenvalue weighted by molar-refractivity contribution is 0.653. The summed E-state index contributed by atoms with van der Waals surface area (Å²) >= 11 is 6.05. The minimum absolute atomic E-state index is 0.143. The average molecular weight is 305 g/mol. The highest BCUT2D eigenvalue weighted by Gasteiger charge is 2.07. The number of rotatable bonds is 6. The number of nitrogens with zero attached hydrogens (tertiary/aromatic N) is 2. The molecular formula is C15H17ClN4O. The normalized spacial score (nSPS) is 10.3. The Morgan fingerprint density at radius 3 is 2.76 bits per heavy atom. The van der Waals surface area contributed by atoms with Gasteiger partial charge in [-0.3, -0.25) is 4.79 Å². The van der Waals surface area contributed by atoms with E-state index in [0.717, 1.165) is 17.7 Å². The van der Waals surface area contributed by atoms with Gasteiger partial charge in [-0.25, -0.2) is 4.68 Å². The van der Waals surface area contributed by atoms with E-state index in [1.807, 2.05) is 24.3 Å². The molecule has 6 heteroatoms. The number of nitrogens with one attached hydrogen (secondary N) is 1. The molecule has 0 unspecified atom stereocenters. The Morgan fingerprint density at radius 1 is 1.38 bits per heavy atom. The standard InChI is InChI=1S/C15H17ClN4O/c1-2-9-20-15(21)14(16)13(10-19-20)18-8-7-11-3-5-12(17)6-4-11/h2-6,10,18H,1,7-9,17H2. The van der Waals surface area contributed by atoms with E-state index in [9.17, 15) is 4.79 Å². The van der Waals surface area contributed by atoms with Crippen LogP contribution in [0.25, 0.3) is 0 Å². The minimum atomic E-state index is -0.325. The van der Waals surface area contributed by atoms with Crippen molar-refractivity contribution in [2.75, 3.05) is 17.6 Å². The Balaban J connectivity index is 2.00. The second-order valence-electron chi connectivity index (χ2n) is 4.57. The van der Waals surface area contributed by atoms with E-state index in [0.29, 0.717) is 18.8 Å². The molecule has 0 aliphatic carbocycles. The first-order valence-electron chi connectivity index (χ1n) is 6.56. The van der Waals surface area contributed by atoms with Crippen molar-refractivity contribution < 1.29 is 0 Å². The maximum atomic E-state index is 11.9. The Bertz CT molecular complexity index is 679. The molecule has 1 heterocycles. The van der Waals surface area contributed by atoms with E-state index in [4.69, 9.17) is 17.3 Å². The van der Waals surface area contributed by atoms with Gasteiger partial charge in [0.25, 0.3) is 5.56 Å². The van der Waals surface area contributed by atoms with Gasteiger partial charge in [-0.05, 0) is 24.1 Å². The van der Waals surface area contributed by atoms with Crippen LogP contribution in [0.1, 0.15) is 5.56 Å². The molecule has 0 radical (unpaired) electrons. The van der Waals surface area contributed by atoms with E-state index < -0.39 is 0 Å². The fraction of sp³-hybridized carbons (Fsp3) is 0.200. The quantitative estimate of drug-likeness (QED) is 0.634. The van der Waals surface area contributed by atoms with Gasteiger partial charge in [0, 0.05) is 12.2 Å². The summed E-state index contributed by atoms with van der Waals surface area (Å²) in [6, 6.07) is 7.67. The first-order valence-corrected chi connectivity index (χ1v) is 6.94. The lowest BCUT2D eigenvalue weighted by atomic mass is 10.1. The van der Waals surface area contributed by atoms with E-state index >= 15 is 0 Å². The average Bonchev–Trinajstić information content (AvgIpc) is 2.48. The molecule has 2 rings (SSSR count). The molecule has 0 atom stereocenters. The number of aromatic nitrogens is 2. The van der Waals surface area contributed by atoms with Gasteiger partial charge in [0.15, 0.2) is 0 Å². The summed E-state index contributed by atoms with van der Waals surface area (Å²) in [5.41, 5.74) is 7.74. The van der Waals surface area contributed by atoms with Crippen molar-refractivity contribution in [1.29, 1.82) is 0 Å². The number of allylic oxidation sites excluding steroid dienone is 1. The Kier molecular flexibility index (Phi) is 5.00. The molecule has 0 saturated heterocycles. The monoisotopic (exact) mass is 304 g/mol. The van der Waals surface area contributed by atoms with Crippen LogP contribution in [0.2, 0.25) is 5.02 Å². The molecule has 110 valence electrons. The second-order valence-corrected chi connectivity index (χ2v) is 4.94. The molecule has 0 saturated carbocycles. The fourth-order valence-corrected chi connectivity index (χ4v) is 2.08. The predicted octanol–water partition coefficient (Wildman–Crippen LogP) is 2.32. The molecule has 3 N–H and O–H groups in total. The fourth-order valence-electron chi connectivity index (χ4n) is 1.87. The maximum absolute atomic E-state index is 11.9. The molecule has 5 nitrogen and oxygen atoms in total. The van der Waals surface area contributed by atoms with Crippen LogP contribution < -0.4 is 16.6 Å². The molecule has 0 spiro atoms. The van der Waals surface area contributed by atoms with Crippen molar-refractivity contribution in [2.24, 2.45) is 0 Å². The zero-order valence-corrected chi connectivity index (χ0v) is 12.3. The third-order valence-electron chi connectivity index (χ3n) is 3.00. The van der Waals surface area contributed by atoms with E-state index in [-0.39, 0.29) is 10.6 Å². The van der Waals surface area contributed by atoms with Crippen LogP contribution in [0.5, 0.6) is 0 Å². The molecule has 0 amide bonds. The summed E-state index contributed by atoms with van der Waals surface area (Å²) in [5, 5.41) is 7.30. The molecule has 1 aromatic carbocycles. The van der Waals surface area contributed by atoms with Gasteiger partial charge < -0.3 is 11.1 Å². The Hall–Kier alpha value is -2.27. The molecule has 0 aliphatic rings. The number of benzene rings is 1. The van der Waals surface area contributed by atoms with Crippen LogP contribution in [0.3, 0.4) is 0 Å². The van der Waals surface area contributed by atoms with Gasteiger partial charge in [-0.15, -0.1) is 6.58 Å². The predicted molar refractivity (Wildman–Crippen MR) is 86.8 cm³/mol. The van der Waals surface area contributed by atoms with Crippen LogP contribution in [-0.2, 0) is 13.0 Å². The van der Waals surface area contributed by atoms with Crippen molar-refractivity contribution in [3.05, 3.63) is 64.1 Å². The van der Waals surface area contributed by atoms with E-state index in [2.05, 4.69) is 17.0 Å². The van der Waals surface area contributed by atoms with Gasteiger partial charge >= 0.3 is 0 Å². The molecule has 0 fully saturated rings. The van der Waals surface area contributed by atoms with Crippen LogP contribution in [0, 0.1) is 0 Å². The van der Waals surface area contributed by atoms with E-state index in [1.54, 1.807) is 12.3 Å². The number of hydrogen-bond acceptors (Lipinski definition) is 4. The molecule has 0 bridgehead atoms. The summed E-state index contributed by atoms with van der Waals surface area (Å²) < 4.78 is 1.26. The van der Waals surface area contributed by atoms with Crippen LogP contribution in [0.4, 0.5) is 11.4 Å². The summed E-state index contributed by atoms with van der Waals surface area (Å²) in [5.74, 6) is 0. The number of hydrogen-bond donors (Lipinski definition) is 2. The molecule has 0 aliphatic heterocycles. The highest BCUT2D eigenvalue weighted by molar-refractivity contribution is 6.32. The van der Waals surface area contributed by atoms with Crippen molar-refractivity contribution in [2.45, 2.75) is 13.0 Å². The summed E-state index contributed by atoms with van der Waals surface area (Å²) in [7, 11) is 0. The van der Waals surface area contributed by atoms with Crippen molar-refractivity contribution in [3.8, 4) is 0 Å². The number of nitrogen functional groups attached to an aromatic ring is 1. The summed E-state index contributed by atoms with van der Waals surface area (Å²) in [4.78, 5) is 11.9. The lowest BCUT2D eigenvalue weighted by Gasteiger charge is -2.09. The summed E-state index contributed by atoms with van der Waals surface area (Å²) in [6.45, 7) is 4.56. The zero-order chi connectivity index (χ0) is 15.2. The van der Waals surface area contributed by atoms with Crippen LogP contribution in [-0.4, -0.2) is 16.3 Å². The number of halogens is 1. The second kappa shape index (κ2) is 6.95. The third kappa shape index (κ3) is 3.86. The highest BCUT2D eigenvalue weighted by Crippen LogP contribution is 2.15. The Morgan fingerprint density at radius 2 is 2.10 bits per heavy atom. The summed E-state index contributed by atoms with van der Waals surface area (Å²) in [6.07, 6.45) is 3.95. The molecule has 1 aromatic heterocycles. The minimum Gasteiger partial charge on any atom is -0.399 e. The maximum Gasteiger partial charge on any atom is 0.287 e. The Labute approximate surface area is 128 Å². The molecular weight excluding hydrogens is 288 g/mol. The molecule has 21 heavy (non-hydrogen) atoms. The van der Waals surface area contributed by atoms with Crippen molar-refractivity contribution in [1.82, 2.24) is 9.78 Å².